The number of nitrogens with one attached hydrogen (secondary N) is 1. The van der Waals surface area contributed by atoms with E-state index in [1.54, 1.807) is 17.8 Å². The van der Waals surface area contributed by atoms with Gasteiger partial charge in [0.25, 0.3) is 11.6 Å². The van der Waals surface area contributed by atoms with Gasteiger partial charge in [0, 0.05) is 28.3 Å². The molecular formula is C16H14N2O3S. The lowest BCUT2D eigenvalue weighted by atomic mass is 10.0. The van der Waals surface area contributed by atoms with Crippen molar-refractivity contribution in [3.63, 3.8) is 0 Å². The molecule has 5 nitrogen and oxygen atoms in total. The van der Waals surface area contributed by atoms with Gasteiger partial charge >= 0.3 is 0 Å². The third-order valence-corrected chi connectivity index (χ3v) is 4.71. The number of carbonyl (C=O) groups is 1. The van der Waals surface area contributed by atoms with Crippen molar-refractivity contribution in [1.29, 1.82) is 0 Å². The number of hydrogen-bond donors (Lipinski definition) is 1. The van der Waals surface area contributed by atoms with Crippen molar-refractivity contribution in [2.45, 2.75) is 17.4 Å². The zero-order valence-electron chi connectivity index (χ0n) is 11.7. The zero-order chi connectivity index (χ0) is 15.5. The molecule has 0 unspecified atom stereocenters. The third-order valence-electron chi connectivity index (χ3n) is 3.58. The molecule has 0 spiro atoms. The zero-order valence-corrected chi connectivity index (χ0v) is 12.5. The smallest absolute Gasteiger partial charge is 0.270 e. The van der Waals surface area contributed by atoms with E-state index in [4.69, 9.17) is 0 Å². The number of carbonyl (C=O) groups excluding carboxylic acids is 1. The van der Waals surface area contributed by atoms with Crippen LogP contribution in [0.5, 0.6) is 0 Å². The van der Waals surface area contributed by atoms with Crippen molar-refractivity contribution in [2.24, 2.45) is 0 Å². The minimum absolute atomic E-state index is 0.0517. The maximum absolute atomic E-state index is 12.4. The van der Waals surface area contributed by atoms with E-state index < -0.39 is 4.92 Å². The first-order chi connectivity index (χ1) is 10.6. The largest absolute Gasteiger partial charge is 0.345 e. The van der Waals surface area contributed by atoms with Crippen LogP contribution in [0, 0.1) is 10.1 Å². The van der Waals surface area contributed by atoms with Crippen molar-refractivity contribution in [3.05, 3.63) is 69.8 Å². The molecule has 1 amide bonds. The molecule has 22 heavy (non-hydrogen) atoms. The first-order valence-corrected chi connectivity index (χ1v) is 7.91. The number of rotatable bonds is 3. The van der Waals surface area contributed by atoms with Gasteiger partial charge in [-0.05, 0) is 24.1 Å². The summed E-state index contributed by atoms with van der Waals surface area (Å²) in [6.07, 6.45) is 0.850. The highest BCUT2D eigenvalue weighted by molar-refractivity contribution is 7.99. The number of amides is 1. The molecule has 0 bridgehead atoms. The fourth-order valence-electron chi connectivity index (χ4n) is 2.49. The summed E-state index contributed by atoms with van der Waals surface area (Å²) < 4.78 is 0. The van der Waals surface area contributed by atoms with Crippen LogP contribution in [0.15, 0.2) is 53.4 Å². The van der Waals surface area contributed by atoms with Gasteiger partial charge in [-0.2, -0.15) is 0 Å². The third kappa shape index (κ3) is 2.96. The van der Waals surface area contributed by atoms with Crippen molar-refractivity contribution >= 4 is 23.4 Å². The van der Waals surface area contributed by atoms with Gasteiger partial charge in [-0.3, -0.25) is 14.9 Å². The number of nitro groups is 1. The summed E-state index contributed by atoms with van der Waals surface area (Å²) in [5, 5.41) is 13.8. The molecule has 1 N–H and O–H groups in total. The fraction of sp³-hybridized carbons (Fsp3) is 0.188. The maximum Gasteiger partial charge on any atom is 0.270 e. The van der Waals surface area contributed by atoms with Gasteiger partial charge in [-0.15, -0.1) is 11.8 Å². The van der Waals surface area contributed by atoms with Crippen molar-refractivity contribution < 1.29 is 9.72 Å². The first-order valence-electron chi connectivity index (χ1n) is 6.92. The summed E-state index contributed by atoms with van der Waals surface area (Å²) in [5.41, 5.74) is 1.34. The molecular weight excluding hydrogens is 300 g/mol. The van der Waals surface area contributed by atoms with Gasteiger partial charge in [-0.25, -0.2) is 0 Å². The Morgan fingerprint density at radius 3 is 2.86 bits per heavy atom. The minimum atomic E-state index is -0.497. The lowest BCUT2D eigenvalue weighted by molar-refractivity contribution is -0.384. The Bertz CT molecular complexity index is 733. The normalized spacial score (nSPS) is 16.6. The molecule has 2 aromatic carbocycles. The molecule has 1 heterocycles. The Morgan fingerprint density at radius 2 is 2.05 bits per heavy atom. The number of nitro benzene ring substituents is 1. The van der Waals surface area contributed by atoms with E-state index in [-0.39, 0.29) is 17.6 Å². The lowest BCUT2D eigenvalue weighted by Crippen LogP contribution is -2.30. The van der Waals surface area contributed by atoms with Gasteiger partial charge < -0.3 is 5.32 Å². The highest BCUT2D eigenvalue weighted by Gasteiger charge is 2.22. The van der Waals surface area contributed by atoms with Crippen molar-refractivity contribution in [2.75, 3.05) is 5.75 Å². The van der Waals surface area contributed by atoms with E-state index in [2.05, 4.69) is 5.32 Å². The Labute approximate surface area is 131 Å². The predicted molar refractivity (Wildman–Crippen MR) is 85.1 cm³/mol. The molecule has 0 aromatic heterocycles. The first kappa shape index (κ1) is 14.6. The average molecular weight is 314 g/mol. The predicted octanol–water partition coefficient (Wildman–Crippen LogP) is 3.56. The van der Waals surface area contributed by atoms with Crippen LogP contribution in [0.25, 0.3) is 0 Å². The Kier molecular flexibility index (Phi) is 4.11. The van der Waals surface area contributed by atoms with Crippen LogP contribution in [-0.2, 0) is 0 Å². The molecule has 1 aliphatic rings. The van der Waals surface area contributed by atoms with Gasteiger partial charge in [0.1, 0.15) is 0 Å². The van der Waals surface area contributed by atoms with E-state index >= 15 is 0 Å². The Morgan fingerprint density at radius 1 is 1.23 bits per heavy atom. The number of non-ortho nitro benzene ring substituents is 1. The highest BCUT2D eigenvalue weighted by Crippen LogP contribution is 2.35. The summed E-state index contributed by atoms with van der Waals surface area (Å²) in [6, 6.07) is 13.7. The second-order valence-electron chi connectivity index (χ2n) is 5.01. The number of hydrogen-bond acceptors (Lipinski definition) is 4. The standard InChI is InChI=1S/C16H14N2O3S/c19-16(11-4-3-5-12(10-11)18(20)21)17-14-8-9-22-15-7-2-1-6-13(14)15/h1-7,10,14H,8-9H2,(H,17,19)/t14-/m1/s1. The molecule has 0 aliphatic carbocycles. The maximum atomic E-state index is 12.4. The molecule has 0 fully saturated rings. The van der Waals surface area contributed by atoms with E-state index in [1.165, 1.54) is 23.1 Å². The topological polar surface area (TPSA) is 72.2 Å². The molecule has 6 heteroatoms. The van der Waals surface area contributed by atoms with Crippen LogP contribution in [0.1, 0.15) is 28.4 Å². The Hall–Kier alpha value is -2.34. The SMILES string of the molecule is O=C(N[C@@H]1CCSc2ccccc21)c1cccc([N+](=O)[O-])c1. The van der Waals surface area contributed by atoms with Crippen molar-refractivity contribution in [3.8, 4) is 0 Å². The van der Waals surface area contributed by atoms with Crippen LogP contribution < -0.4 is 5.32 Å². The molecule has 1 aliphatic heterocycles. The van der Waals surface area contributed by atoms with Crippen LogP contribution in [0.3, 0.4) is 0 Å². The van der Waals surface area contributed by atoms with Gasteiger partial charge in [0.05, 0.1) is 11.0 Å². The van der Waals surface area contributed by atoms with Crippen LogP contribution in [-0.4, -0.2) is 16.6 Å². The van der Waals surface area contributed by atoms with Gasteiger partial charge in [0.15, 0.2) is 0 Å². The quantitative estimate of drug-likeness (QED) is 0.694. The molecule has 0 saturated heterocycles. The molecule has 0 radical (unpaired) electrons. The molecule has 2 aromatic rings. The second kappa shape index (κ2) is 6.19. The lowest BCUT2D eigenvalue weighted by Gasteiger charge is -2.25. The van der Waals surface area contributed by atoms with Crippen LogP contribution in [0.4, 0.5) is 5.69 Å². The average Bonchev–Trinajstić information content (AvgIpc) is 2.55. The summed E-state index contributed by atoms with van der Waals surface area (Å²) >= 11 is 1.78. The van der Waals surface area contributed by atoms with Crippen molar-refractivity contribution in [1.82, 2.24) is 5.32 Å². The van der Waals surface area contributed by atoms with Crippen LogP contribution >= 0.6 is 11.8 Å². The van der Waals surface area contributed by atoms with Gasteiger partial charge in [-0.1, -0.05) is 24.3 Å². The number of benzene rings is 2. The summed E-state index contributed by atoms with van der Waals surface area (Å²) in [7, 11) is 0. The van der Waals surface area contributed by atoms with E-state index in [0.29, 0.717) is 5.56 Å². The molecule has 1 atom stereocenters. The number of nitrogens with zero attached hydrogens (tertiary/aromatic N) is 1. The fourth-order valence-corrected chi connectivity index (χ4v) is 3.62. The van der Waals surface area contributed by atoms with Gasteiger partial charge in [0.2, 0.25) is 0 Å². The molecule has 112 valence electrons. The van der Waals surface area contributed by atoms with Crippen LogP contribution in [0.2, 0.25) is 0 Å². The Balaban J connectivity index is 1.81. The molecule has 3 rings (SSSR count). The number of thioether (sulfide) groups is 1. The minimum Gasteiger partial charge on any atom is -0.345 e. The van der Waals surface area contributed by atoms with E-state index in [9.17, 15) is 14.9 Å². The van der Waals surface area contributed by atoms with E-state index in [0.717, 1.165) is 17.7 Å². The van der Waals surface area contributed by atoms with E-state index in [1.807, 2.05) is 24.3 Å². The monoisotopic (exact) mass is 314 g/mol. The summed E-state index contributed by atoms with van der Waals surface area (Å²) in [6.45, 7) is 0. The number of fused-ring (bicyclic) bond motifs is 1. The summed E-state index contributed by atoms with van der Waals surface area (Å²) in [5.74, 6) is 0.659. The highest BCUT2D eigenvalue weighted by atomic mass is 32.2. The summed E-state index contributed by atoms with van der Waals surface area (Å²) in [4.78, 5) is 23.8. The second-order valence-corrected chi connectivity index (χ2v) is 6.15. The molecule has 0 saturated carbocycles.